The summed E-state index contributed by atoms with van der Waals surface area (Å²) in [4.78, 5) is 14.2. The molecule has 0 aliphatic carbocycles. The summed E-state index contributed by atoms with van der Waals surface area (Å²) in [5, 5.41) is 5.30. The van der Waals surface area contributed by atoms with Crippen LogP contribution in [0.3, 0.4) is 0 Å². The van der Waals surface area contributed by atoms with Gasteiger partial charge in [0, 0.05) is 30.0 Å². The van der Waals surface area contributed by atoms with Gasteiger partial charge in [0.15, 0.2) is 18.3 Å². The molecule has 1 saturated heterocycles. The summed E-state index contributed by atoms with van der Waals surface area (Å²) in [5.41, 5.74) is 2.52. The molecule has 2 heterocycles. The second-order valence-corrected chi connectivity index (χ2v) is 8.10. The fourth-order valence-corrected chi connectivity index (χ4v) is 4.29. The van der Waals surface area contributed by atoms with E-state index in [4.69, 9.17) is 4.42 Å². The van der Waals surface area contributed by atoms with Crippen LogP contribution in [0.5, 0.6) is 0 Å². The van der Waals surface area contributed by atoms with Crippen LogP contribution in [0.25, 0.3) is 0 Å². The molecule has 3 aromatic rings. The fraction of sp³-hybridized carbons (Fsp3) is 0.320. The number of nitrogens with one attached hydrogen (secondary N) is 2. The van der Waals surface area contributed by atoms with E-state index in [9.17, 15) is 4.79 Å². The first kappa shape index (κ1) is 20.4. The summed E-state index contributed by atoms with van der Waals surface area (Å²) in [6, 6.07) is 25.0. The molecule has 1 aliphatic heterocycles. The van der Waals surface area contributed by atoms with E-state index in [0.717, 1.165) is 43.8 Å². The van der Waals surface area contributed by atoms with E-state index in [0.29, 0.717) is 6.54 Å². The van der Waals surface area contributed by atoms with Crippen molar-refractivity contribution in [3.8, 4) is 0 Å². The monoisotopic (exact) mass is 405 g/mol. The molecule has 4 N–H and O–H groups in total. The summed E-state index contributed by atoms with van der Waals surface area (Å²) in [7, 11) is 0. The fourth-order valence-electron chi connectivity index (χ4n) is 4.29. The number of hydrogen-bond donors (Lipinski definition) is 3. The van der Waals surface area contributed by atoms with E-state index in [1.165, 1.54) is 5.56 Å². The number of amides is 1. The van der Waals surface area contributed by atoms with Gasteiger partial charge in [-0.3, -0.25) is 4.79 Å². The average molecular weight is 406 g/mol. The van der Waals surface area contributed by atoms with Gasteiger partial charge in [0.1, 0.15) is 6.54 Å². The predicted molar refractivity (Wildman–Crippen MR) is 116 cm³/mol. The lowest BCUT2D eigenvalue weighted by molar-refractivity contribution is -0.918. The SMILES string of the molecule is O=C(C[NH2+][C@H](c1ccccc1)c1ccco1)NC1CC[NH+](Cc2ccccc2)CC1. The molecule has 0 saturated carbocycles. The average Bonchev–Trinajstić information content (AvgIpc) is 3.31. The molecule has 2 aromatic carbocycles. The van der Waals surface area contributed by atoms with Crippen LogP contribution < -0.4 is 15.5 Å². The molecule has 156 valence electrons. The van der Waals surface area contributed by atoms with Gasteiger partial charge in [-0.1, -0.05) is 60.7 Å². The van der Waals surface area contributed by atoms with Crippen molar-refractivity contribution in [2.45, 2.75) is 31.5 Å². The highest BCUT2D eigenvalue weighted by Crippen LogP contribution is 2.18. The first-order valence-electron chi connectivity index (χ1n) is 10.9. The van der Waals surface area contributed by atoms with Crippen LogP contribution in [-0.4, -0.2) is 31.6 Å². The van der Waals surface area contributed by atoms with Crippen LogP contribution in [0, 0.1) is 0 Å². The Hall–Kier alpha value is -2.89. The van der Waals surface area contributed by atoms with E-state index < -0.39 is 0 Å². The van der Waals surface area contributed by atoms with E-state index in [1.54, 1.807) is 11.2 Å². The Bertz CT molecular complexity index is 889. The van der Waals surface area contributed by atoms with Crippen LogP contribution in [0.4, 0.5) is 0 Å². The van der Waals surface area contributed by atoms with Gasteiger partial charge < -0.3 is 20.0 Å². The number of likely N-dealkylation sites (tertiary alicyclic amines) is 1. The number of carbonyl (C=O) groups excluding carboxylic acids is 1. The number of hydrogen-bond acceptors (Lipinski definition) is 2. The molecule has 0 spiro atoms. The van der Waals surface area contributed by atoms with Crippen LogP contribution in [0.2, 0.25) is 0 Å². The van der Waals surface area contributed by atoms with Crippen molar-refractivity contribution >= 4 is 5.91 Å². The first-order chi connectivity index (χ1) is 14.8. The topological polar surface area (TPSA) is 63.3 Å². The summed E-state index contributed by atoms with van der Waals surface area (Å²) in [6.07, 6.45) is 3.76. The first-order valence-corrected chi connectivity index (χ1v) is 10.9. The van der Waals surface area contributed by atoms with Crippen LogP contribution in [-0.2, 0) is 11.3 Å². The molecule has 30 heavy (non-hydrogen) atoms. The van der Waals surface area contributed by atoms with Gasteiger partial charge in [-0.05, 0) is 12.1 Å². The standard InChI is InChI=1S/C25H29N3O2/c29-24(18-26-25(23-12-7-17-30-23)21-10-5-2-6-11-21)27-22-13-15-28(16-14-22)19-20-8-3-1-4-9-20/h1-12,17,22,25-26H,13-16,18-19H2,(H,27,29)/p+2/t25-/m1/s1. The van der Waals surface area contributed by atoms with E-state index in [-0.39, 0.29) is 18.0 Å². The minimum Gasteiger partial charge on any atom is -0.463 e. The van der Waals surface area contributed by atoms with Crippen molar-refractivity contribution in [3.63, 3.8) is 0 Å². The van der Waals surface area contributed by atoms with Crippen molar-refractivity contribution < 1.29 is 19.4 Å². The molecule has 1 atom stereocenters. The lowest BCUT2D eigenvalue weighted by Gasteiger charge is -2.29. The molecule has 1 aromatic heterocycles. The number of furan rings is 1. The van der Waals surface area contributed by atoms with Gasteiger partial charge >= 0.3 is 0 Å². The zero-order chi connectivity index (χ0) is 20.6. The normalized spacial score (nSPS) is 19.9. The van der Waals surface area contributed by atoms with Crippen molar-refractivity contribution in [1.82, 2.24) is 5.32 Å². The third-order valence-electron chi connectivity index (χ3n) is 5.90. The number of benzene rings is 2. The quantitative estimate of drug-likeness (QED) is 0.529. The Kier molecular flexibility index (Phi) is 6.95. The second kappa shape index (κ2) is 10.2. The molecular weight excluding hydrogens is 374 g/mol. The minimum atomic E-state index is -0.0101. The maximum Gasteiger partial charge on any atom is 0.275 e. The molecule has 1 fully saturated rings. The highest BCUT2D eigenvalue weighted by molar-refractivity contribution is 5.77. The Morgan fingerprint density at radius 2 is 1.70 bits per heavy atom. The second-order valence-electron chi connectivity index (χ2n) is 8.10. The minimum absolute atomic E-state index is 0.0101. The molecule has 0 radical (unpaired) electrons. The van der Waals surface area contributed by atoms with Gasteiger partial charge in [0.25, 0.3) is 5.91 Å². The maximum absolute atomic E-state index is 12.6. The maximum atomic E-state index is 12.6. The van der Waals surface area contributed by atoms with Crippen LogP contribution in [0.15, 0.2) is 83.5 Å². The number of piperidine rings is 1. The Morgan fingerprint density at radius 1 is 1.00 bits per heavy atom. The smallest absolute Gasteiger partial charge is 0.275 e. The molecule has 1 amide bonds. The summed E-state index contributed by atoms with van der Waals surface area (Å²) in [6.45, 7) is 3.65. The molecule has 4 rings (SSSR count). The highest BCUT2D eigenvalue weighted by atomic mass is 16.3. The third kappa shape index (κ3) is 5.59. The van der Waals surface area contributed by atoms with Gasteiger partial charge in [0.2, 0.25) is 0 Å². The molecular formula is C25H31N3O2+2. The predicted octanol–water partition coefficient (Wildman–Crippen LogP) is 1.30. The van der Waals surface area contributed by atoms with Gasteiger partial charge in [-0.2, -0.15) is 0 Å². The Morgan fingerprint density at radius 3 is 2.37 bits per heavy atom. The number of rotatable bonds is 8. The molecule has 0 unspecified atom stereocenters. The molecule has 5 heteroatoms. The van der Waals surface area contributed by atoms with Gasteiger partial charge in [0.05, 0.1) is 19.4 Å². The Labute approximate surface area is 178 Å². The zero-order valence-electron chi connectivity index (χ0n) is 17.3. The van der Waals surface area contributed by atoms with E-state index >= 15 is 0 Å². The summed E-state index contributed by atoms with van der Waals surface area (Å²) in [5.74, 6) is 0.964. The van der Waals surface area contributed by atoms with E-state index in [1.807, 2.05) is 30.3 Å². The van der Waals surface area contributed by atoms with Crippen molar-refractivity contribution in [3.05, 3.63) is 95.9 Å². The number of nitrogens with two attached hydrogens (primary N) is 1. The summed E-state index contributed by atoms with van der Waals surface area (Å²) >= 11 is 0. The zero-order valence-corrected chi connectivity index (χ0v) is 17.3. The van der Waals surface area contributed by atoms with Crippen molar-refractivity contribution in [1.29, 1.82) is 0 Å². The van der Waals surface area contributed by atoms with Crippen LogP contribution >= 0.6 is 0 Å². The third-order valence-corrected chi connectivity index (χ3v) is 5.90. The molecule has 5 nitrogen and oxygen atoms in total. The number of carbonyl (C=O) groups is 1. The van der Waals surface area contributed by atoms with E-state index in [2.05, 4.69) is 53.1 Å². The molecule has 1 aliphatic rings. The number of quaternary nitrogens is 2. The van der Waals surface area contributed by atoms with Crippen LogP contribution in [0.1, 0.15) is 35.8 Å². The van der Waals surface area contributed by atoms with Gasteiger partial charge in [-0.25, -0.2) is 0 Å². The lowest BCUT2D eigenvalue weighted by atomic mass is 10.0. The van der Waals surface area contributed by atoms with Gasteiger partial charge in [-0.15, -0.1) is 0 Å². The van der Waals surface area contributed by atoms with Crippen molar-refractivity contribution in [2.75, 3.05) is 19.6 Å². The van der Waals surface area contributed by atoms with Crippen molar-refractivity contribution in [2.24, 2.45) is 0 Å². The molecule has 0 bridgehead atoms. The Balaban J connectivity index is 1.24. The summed E-state index contributed by atoms with van der Waals surface area (Å²) < 4.78 is 5.63. The largest absolute Gasteiger partial charge is 0.463 e. The lowest BCUT2D eigenvalue weighted by Crippen LogP contribution is -3.12. The highest BCUT2D eigenvalue weighted by Gasteiger charge is 2.25.